The second-order valence-electron chi connectivity index (χ2n) is 5.27. The van der Waals surface area contributed by atoms with Crippen molar-refractivity contribution in [3.8, 4) is 11.4 Å². The summed E-state index contributed by atoms with van der Waals surface area (Å²) < 4.78 is 2.20. The Kier molecular flexibility index (Phi) is 3.60. The summed E-state index contributed by atoms with van der Waals surface area (Å²) in [6, 6.07) is 11.8. The van der Waals surface area contributed by atoms with Gasteiger partial charge in [0.25, 0.3) is 0 Å². The van der Waals surface area contributed by atoms with Gasteiger partial charge in [0.05, 0.1) is 16.1 Å². The normalized spacial score (nSPS) is 11.2. The number of imidazole rings is 1. The van der Waals surface area contributed by atoms with Crippen LogP contribution in [0.3, 0.4) is 0 Å². The van der Waals surface area contributed by atoms with Crippen LogP contribution < -0.4 is 5.73 Å². The molecule has 0 saturated heterocycles. The zero-order valence-corrected chi connectivity index (χ0v) is 13.0. The van der Waals surface area contributed by atoms with Gasteiger partial charge in [-0.1, -0.05) is 24.6 Å². The maximum atomic E-state index is 6.38. The highest BCUT2D eigenvalue weighted by atomic mass is 35.5. The van der Waals surface area contributed by atoms with E-state index in [0.717, 1.165) is 51.7 Å². The first kappa shape index (κ1) is 14.0. The number of halogens is 1. The number of nitrogens with two attached hydrogens (primary N) is 1. The predicted octanol–water partition coefficient (Wildman–Crippen LogP) is 4.66. The summed E-state index contributed by atoms with van der Waals surface area (Å²) in [5.41, 5.74) is 10.8. The Morgan fingerprint density at radius 1 is 1.24 bits per heavy atom. The van der Waals surface area contributed by atoms with E-state index < -0.39 is 0 Å². The molecule has 0 radical (unpaired) electrons. The highest BCUT2D eigenvalue weighted by Gasteiger charge is 2.15. The Morgan fingerprint density at radius 3 is 2.76 bits per heavy atom. The molecule has 1 heterocycles. The minimum atomic E-state index is 0.743. The summed E-state index contributed by atoms with van der Waals surface area (Å²) in [7, 11) is 0. The van der Waals surface area contributed by atoms with Gasteiger partial charge in [-0.3, -0.25) is 0 Å². The van der Waals surface area contributed by atoms with Crippen molar-refractivity contribution in [1.82, 2.24) is 9.55 Å². The van der Waals surface area contributed by atoms with Gasteiger partial charge in [-0.2, -0.15) is 0 Å². The van der Waals surface area contributed by atoms with Gasteiger partial charge in [-0.25, -0.2) is 4.98 Å². The Bertz CT molecular complexity index is 805. The minimum Gasteiger partial charge on any atom is -0.399 e. The van der Waals surface area contributed by atoms with Crippen LogP contribution in [0, 0.1) is 6.92 Å². The Balaban J connectivity index is 2.31. The predicted molar refractivity (Wildman–Crippen MR) is 89.6 cm³/mol. The number of hydrogen-bond acceptors (Lipinski definition) is 2. The van der Waals surface area contributed by atoms with Gasteiger partial charge in [0.15, 0.2) is 0 Å². The molecule has 0 unspecified atom stereocenters. The van der Waals surface area contributed by atoms with Crippen LogP contribution in [0.25, 0.3) is 22.4 Å². The van der Waals surface area contributed by atoms with Crippen molar-refractivity contribution >= 4 is 28.3 Å². The van der Waals surface area contributed by atoms with Gasteiger partial charge in [-0.15, -0.1) is 0 Å². The second kappa shape index (κ2) is 5.41. The summed E-state index contributed by atoms with van der Waals surface area (Å²) in [5.74, 6) is 0.956. The molecule has 0 aliphatic carbocycles. The zero-order chi connectivity index (χ0) is 15.0. The number of aromatic nitrogens is 2. The lowest BCUT2D eigenvalue weighted by atomic mass is 10.1. The molecule has 21 heavy (non-hydrogen) atoms. The van der Waals surface area contributed by atoms with Crippen molar-refractivity contribution in [1.29, 1.82) is 0 Å². The lowest BCUT2D eigenvalue weighted by molar-refractivity contribution is 0.704. The highest BCUT2D eigenvalue weighted by Crippen LogP contribution is 2.31. The van der Waals surface area contributed by atoms with E-state index in [1.807, 2.05) is 36.4 Å². The SMILES string of the molecule is CCCn1c(-c2ccc(N)cc2C)nc2cccc(Cl)c21. The maximum Gasteiger partial charge on any atom is 0.141 e. The number of benzene rings is 2. The maximum absolute atomic E-state index is 6.38. The van der Waals surface area contributed by atoms with E-state index in [1.54, 1.807) is 0 Å². The van der Waals surface area contributed by atoms with Crippen LogP contribution in [0.15, 0.2) is 36.4 Å². The lowest BCUT2D eigenvalue weighted by Gasteiger charge is -2.11. The van der Waals surface area contributed by atoms with E-state index in [-0.39, 0.29) is 0 Å². The quantitative estimate of drug-likeness (QED) is 0.715. The molecule has 4 heteroatoms. The Morgan fingerprint density at radius 2 is 2.05 bits per heavy atom. The number of nitrogen functional groups attached to an aromatic ring is 1. The molecular formula is C17H18ClN3. The molecule has 0 spiro atoms. The van der Waals surface area contributed by atoms with Gasteiger partial charge in [0, 0.05) is 17.8 Å². The molecule has 0 amide bonds. The van der Waals surface area contributed by atoms with E-state index in [4.69, 9.17) is 22.3 Å². The average molecular weight is 300 g/mol. The first-order valence-electron chi connectivity index (χ1n) is 7.13. The van der Waals surface area contributed by atoms with E-state index in [0.29, 0.717) is 0 Å². The number of nitrogens with zero attached hydrogens (tertiary/aromatic N) is 2. The van der Waals surface area contributed by atoms with Crippen LogP contribution in [-0.4, -0.2) is 9.55 Å². The smallest absolute Gasteiger partial charge is 0.141 e. The summed E-state index contributed by atoms with van der Waals surface area (Å²) >= 11 is 6.38. The van der Waals surface area contributed by atoms with Crippen LogP contribution in [0.2, 0.25) is 5.02 Å². The van der Waals surface area contributed by atoms with Gasteiger partial charge >= 0.3 is 0 Å². The summed E-state index contributed by atoms with van der Waals surface area (Å²) in [5, 5.41) is 0.743. The molecule has 2 N–H and O–H groups in total. The monoisotopic (exact) mass is 299 g/mol. The molecule has 3 nitrogen and oxygen atoms in total. The topological polar surface area (TPSA) is 43.8 Å². The van der Waals surface area contributed by atoms with Crippen LogP contribution in [0.5, 0.6) is 0 Å². The van der Waals surface area contributed by atoms with Gasteiger partial charge in [-0.05, 0) is 49.2 Å². The molecule has 0 saturated carbocycles. The number of fused-ring (bicyclic) bond motifs is 1. The van der Waals surface area contributed by atoms with Crippen molar-refractivity contribution < 1.29 is 0 Å². The third-order valence-corrected chi connectivity index (χ3v) is 3.96. The molecule has 0 aliphatic heterocycles. The minimum absolute atomic E-state index is 0.743. The standard InChI is InChI=1S/C17H18ClN3/c1-3-9-21-16-14(18)5-4-6-15(16)20-17(21)13-8-7-12(19)10-11(13)2/h4-8,10H,3,9,19H2,1-2H3. The fourth-order valence-electron chi connectivity index (χ4n) is 2.73. The molecule has 0 fully saturated rings. The number of rotatable bonds is 3. The average Bonchev–Trinajstić information content (AvgIpc) is 2.79. The molecule has 0 aliphatic rings. The second-order valence-corrected chi connectivity index (χ2v) is 5.68. The van der Waals surface area contributed by atoms with Crippen molar-refractivity contribution in [2.75, 3.05) is 5.73 Å². The van der Waals surface area contributed by atoms with E-state index in [9.17, 15) is 0 Å². The molecular weight excluding hydrogens is 282 g/mol. The molecule has 3 rings (SSSR count). The van der Waals surface area contributed by atoms with Crippen LogP contribution >= 0.6 is 11.6 Å². The van der Waals surface area contributed by atoms with Crippen LogP contribution in [-0.2, 0) is 6.54 Å². The van der Waals surface area contributed by atoms with Crippen molar-refractivity contribution in [3.63, 3.8) is 0 Å². The van der Waals surface area contributed by atoms with Gasteiger partial charge in [0.1, 0.15) is 5.82 Å². The van der Waals surface area contributed by atoms with E-state index in [2.05, 4.69) is 18.4 Å². The number of para-hydroxylation sites is 1. The molecule has 3 aromatic rings. The van der Waals surface area contributed by atoms with Crippen molar-refractivity contribution in [2.45, 2.75) is 26.8 Å². The summed E-state index contributed by atoms with van der Waals surface area (Å²) in [6.45, 7) is 5.10. The first-order chi connectivity index (χ1) is 10.1. The van der Waals surface area contributed by atoms with Gasteiger partial charge < -0.3 is 10.3 Å². The largest absolute Gasteiger partial charge is 0.399 e. The fourth-order valence-corrected chi connectivity index (χ4v) is 3.00. The van der Waals surface area contributed by atoms with Crippen molar-refractivity contribution in [2.24, 2.45) is 0 Å². The Labute approximate surface area is 129 Å². The first-order valence-corrected chi connectivity index (χ1v) is 7.51. The highest BCUT2D eigenvalue weighted by molar-refractivity contribution is 6.35. The lowest BCUT2D eigenvalue weighted by Crippen LogP contribution is -2.01. The molecule has 108 valence electrons. The van der Waals surface area contributed by atoms with Crippen LogP contribution in [0.4, 0.5) is 5.69 Å². The van der Waals surface area contributed by atoms with E-state index >= 15 is 0 Å². The fraction of sp³-hybridized carbons (Fsp3) is 0.235. The van der Waals surface area contributed by atoms with E-state index in [1.165, 1.54) is 0 Å². The molecule has 0 bridgehead atoms. The third-order valence-electron chi connectivity index (χ3n) is 3.66. The van der Waals surface area contributed by atoms with Crippen LogP contribution in [0.1, 0.15) is 18.9 Å². The number of aryl methyl sites for hydroxylation is 2. The summed E-state index contributed by atoms with van der Waals surface area (Å²) in [4.78, 5) is 4.79. The molecule has 1 aromatic heterocycles. The number of anilines is 1. The zero-order valence-electron chi connectivity index (χ0n) is 12.2. The van der Waals surface area contributed by atoms with Gasteiger partial charge in [0.2, 0.25) is 0 Å². The van der Waals surface area contributed by atoms with Crippen molar-refractivity contribution in [3.05, 3.63) is 47.0 Å². The number of hydrogen-bond donors (Lipinski definition) is 1. The molecule has 0 atom stereocenters. The summed E-state index contributed by atoms with van der Waals surface area (Å²) in [6.07, 6.45) is 1.03. The Hall–Kier alpha value is -2.00. The molecule has 2 aromatic carbocycles. The third kappa shape index (κ3) is 2.38.